The highest BCUT2D eigenvalue weighted by Gasteiger charge is 2.37. The van der Waals surface area contributed by atoms with Crippen molar-refractivity contribution < 1.29 is 10.8 Å². The Morgan fingerprint density at radius 1 is 1.50 bits per heavy atom. The SMILES string of the molecule is [2H]C[B][C@@H]1O[C@H](COC)[C@H](C)C1C. The van der Waals surface area contributed by atoms with E-state index < -0.39 is 0 Å². The van der Waals surface area contributed by atoms with Crippen molar-refractivity contribution in [3.8, 4) is 0 Å². The van der Waals surface area contributed by atoms with E-state index in [0.29, 0.717) is 25.2 Å². The molecule has 0 saturated carbocycles. The van der Waals surface area contributed by atoms with Crippen molar-refractivity contribution in [3.05, 3.63) is 0 Å². The zero-order valence-electron chi connectivity index (χ0n) is 9.12. The van der Waals surface area contributed by atoms with E-state index >= 15 is 0 Å². The van der Waals surface area contributed by atoms with E-state index in [0.717, 1.165) is 0 Å². The van der Waals surface area contributed by atoms with Gasteiger partial charge < -0.3 is 9.47 Å². The van der Waals surface area contributed by atoms with Crippen LogP contribution in [0.15, 0.2) is 0 Å². The predicted octanol–water partition coefficient (Wildman–Crippen LogP) is 1.38. The van der Waals surface area contributed by atoms with Crippen LogP contribution in [0.1, 0.15) is 15.2 Å². The van der Waals surface area contributed by atoms with E-state index in [4.69, 9.17) is 10.8 Å². The van der Waals surface area contributed by atoms with E-state index in [2.05, 4.69) is 13.8 Å². The lowest BCUT2D eigenvalue weighted by atomic mass is 9.67. The number of ether oxygens (including phenoxy) is 2. The van der Waals surface area contributed by atoms with Gasteiger partial charge in [-0.15, -0.1) is 0 Å². The van der Waals surface area contributed by atoms with Gasteiger partial charge in [-0.05, 0) is 11.8 Å². The summed E-state index contributed by atoms with van der Waals surface area (Å²) in [6.07, 6.45) is 0.202. The Hall–Kier alpha value is -0.0151. The Labute approximate surface area is 77.3 Å². The van der Waals surface area contributed by atoms with E-state index in [1.165, 1.54) is 0 Å². The van der Waals surface area contributed by atoms with Crippen LogP contribution in [-0.4, -0.2) is 33.1 Å². The van der Waals surface area contributed by atoms with Crippen molar-refractivity contribution in [3.63, 3.8) is 0 Å². The molecule has 1 unspecified atom stereocenters. The Bertz CT molecular complexity index is 141. The standard InChI is InChI=1S/C9H18BO2/c1-6-7(2)9(10-3)12-8(6)5-11-4/h6-9H,5H2,1-4H3/t6-,7?,8-,9-/m1/s1/i3D. The molecule has 0 aromatic rings. The van der Waals surface area contributed by atoms with Crippen LogP contribution in [0.5, 0.6) is 0 Å². The normalized spacial score (nSPS) is 42.8. The van der Waals surface area contributed by atoms with E-state index in [1.54, 1.807) is 7.11 Å². The van der Waals surface area contributed by atoms with Crippen LogP contribution >= 0.6 is 0 Å². The van der Waals surface area contributed by atoms with Gasteiger partial charge in [0, 0.05) is 14.5 Å². The number of rotatable bonds is 3. The van der Waals surface area contributed by atoms with Gasteiger partial charge in [0.25, 0.3) is 0 Å². The Morgan fingerprint density at radius 2 is 2.25 bits per heavy atom. The second-order valence-corrected chi connectivity index (χ2v) is 3.55. The molecule has 1 saturated heterocycles. The van der Waals surface area contributed by atoms with Crippen LogP contribution in [0, 0.1) is 11.8 Å². The summed E-state index contributed by atoms with van der Waals surface area (Å²) in [5, 5.41) is 0. The van der Waals surface area contributed by atoms with Gasteiger partial charge in [0.2, 0.25) is 0 Å². The lowest BCUT2D eigenvalue weighted by molar-refractivity contribution is 0.0108. The maximum Gasteiger partial charge on any atom is 0.146 e. The van der Waals surface area contributed by atoms with Crippen LogP contribution in [0.4, 0.5) is 0 Å². The van der Waals surface area contributed by atoms with Crippen LogP contribution in [0.2, 0.25) is 6.80 Å². The molecular formula is C9H18BO2. The minimum atomic E-state index is 0.146. The van der Waals surface area contributed by atoms with Gasteiger partial charge in [-0.1, -0.05) is 20.6 Å². The molecule has 0 aromatic heterocycles. The molecule has 3 heteroatoms. The molecule has 0 aromatic carbocycles. The van der Waals surface area contributed by atoms with Crippen LogP contribution in [-0.2, 0) is 9.47 Å². The van der Waals surface area contributed by atoms with Crippen molar-refractivity contribution in [2.75, 3.05) is 13.7 Å². The molecule has 0 spiro atoms. The quantitative estimate of drug-likeness (QED) is 0.595. The topological polar surface area (TPSA) is 18.5 Å². The fourth-order valence-corrected chi connectivity index (χ4v) is 1.71. The van der Waals surface area contributed by atoms with Crippen LogP contribution < -0.4 is 0 Å². The first-order valence-corrected chi connectivity index (χ1v) is 4.47. The average molecular weight is 170 g/mol. The average Bonchev–Trinajstić information content (AvgIpc) is 2.36. The minimum Gasteiger partial charge on any atom is -0.382 e. The van der Waals surface area contributed by atoms with Crippen molar-refractivity contribution in [1.29, 1.82) is 0 Å². The third-order valence-electron chi connectivity index (χ3n) is 2.83. The first-order valence-electron chi connectivity index (χ1n) is 5.18. The maximum atomic E-state index is 7.12. The summed E-state index contributed by atoms with van der Waals surface area (Å²) in [7, 11) is 3.62. The Morgan fingerprint density at radius 3 is 2.83 bits per heavy atom. The van der Waals surface area contributed by atoms with Crippen molar-refractivity contribution in [2.24, 2.45) is 11.8 Å². The van der Waals surface area contributed by atoms with Gasteiger partial charge in [0.15, 0.2) is 0 Å². The molecule has 4 atom stereocenters. The maximum absolute atomic E-state index is 7.12. The molecule has 1 aliphatic heterocycles. The fourth-order valence-electron chi connectivity index (χ4n) is 1.71. The lowest BCUT2D eigenvalue weighted by Gasteiger charge is -2.14. The molecule has 0 amide bonds. The molecule has 1 rings (SSSR count). The van der Waals surface area contributed by atoms with E-state index in [9.17, 15) is 0 Å². The van der Waals surface area contributed by atoms with Crippen molar-refractivity contribution in [1.82, 2.24) is 0 Å². The third-order valence-corrected chi connectivity index (χ3v) is 2.83. The molecule has 1 fully saturated rings. The van der Waals surface area contributed by atoms with Gasteiger partial charge in [0.05, 0.1) is 12.7 Å². The van der Waals surface area contributed by atoms with Crippen molar-refractivity contribution >= 4 is 7.28 Å². The van der Waals surface area contributed by atoms with Gasteiger partial charge in [-0.25, -0.2) is 0 Å². The summed E-state index contributed by atoms with van der Waals surface area (Å²) in [4.78, 5) is 0. The summed E-state index contributed by atoms with van der Waals surface area (Å²) >= 11 is 0. The third kappa shape index (κ3) is 1.83. The molecule has 0 aliphatic carbocycles. The van der Waals surface area contributed by atoms with E-state index in [-0.39, 0.29) is 12.1 Å². The van der Waals surface area contributed by atoms with Gasteiger partial charge in [-0.3, -0.25) is 0 Å². The van der Waals surface area contributed by atoms with Gasteiger partial charge in [-0.2, -0.15) is 0 Å². The number of methoxy groups -OCH3 is 1. The van der Waals surface area contributed by atoms with Gasteiger partial charge in [0.1, 0.15) is 7.28 Å². The minimum absolute atomic E-state index is 0.146. The molecule has 0 N–H and O–H groups in total. The molecule has 0 bridgehead atoms. The number of hydrogen-bond donors (Lipinski definition) is 0. The van der Waals surface area contributed by atoms with E-state index in [1.807, 2.05) is 7.28 Å². The zero-order chi connectivity index (χ0) is 9.84. The second kappa shape index (κ2) is 4.29. The monoisotopic (exact) mass is 170 g/mol. The molecule has 1 heterocycles. The Kier molecular flexibility index (Phi) is 3.06. The predicted molar refractivity (Wildman–Crippen MR) is 50.5 cm³/mol. The molecule has 1 radical (unpaired) electrons. The molecule has 2 nitrogen and oxygen atoms in total. The molecule has 69 valence electrons. The van der Waals surface area contributed by atoms with Crippen LogP contribution in [0.25, 0.3) is 0 Å². The van der Waals surface area contributed by atoms with Crippen molar-refractivity contribution in [2.45, 2.75) is 32.8 Å². The molecular weight excluding hydrogens is 151 g/mol. The summed E-state index contributed by atoms with van der Waals surface area (Å²) < 4.78 is 18.0. The number of hydrogen-bond acceptors (Lipinski definition) is 2. The zero-order valence-corrected chi connectivity index (χ0v) is 8.12. The summed E-state index contributed by atoms with van der Waals surface area (Å²) in [6.45, 7) is 5.36. The largest absolute Gasteiger partial charge is 0.382 e. The smallest absolute Gasteiger partial charge is 0.146 e. The first kappa shape index (κ1) is 8.58. The lowest BCUT2D eigenvalue weighted by Crippen LogP contribution is -2.21. The highest BCUT2D eigenvalue weighted by molar-refractivity contribution is 6.35. The van der Waals surface area contributed by atoms with Crippen LogP contribution in [0.3, 0.4) is 0 Å². The summed E-state index contributed by atoms with van der Waals surface area (Å²) in [5.74, 6) is 1.03. The highest BCUT2D eigenvalue weighted by atomic mass is 16.5. The first-order chi connectivity index (χ1) is 6.20. The second-order valence-electron chi connectivity index (χ2n) is 3.55. The summed E-state index contributed by atoms with van der Waals surface area (Å²) in [6, 6.07) is 0.146. The summed E-state index contributed by atoms with van der Waals surface area (Å²) in [5.41, 5.74) is 0. The highest BCUT2D eigenvalue weighted by Crippen LogP contribution is 2.31. The fraction of sp³-hybridized carbons (Fsp3) is 1.00. The molecule has 1 aliphatic rings. The van der Waals surface area contributed by atoms with Gasteiger partial charge >= 0.3 is 0 Å². The molecule has 12 heavy (non-hydrogen) atoms. The Balaban J connectivity index is 2.45.